The van der Waals surface area contributed by atoms with Gasteiger partial charge in [-0.3, -0.25) is 0 Å². The van der Waals surface area contributed by atoms with E-state index in [1.165, 1.54) is 0 Å². The summed E-state index contributed by atoms with van der Waals surface area (Å²) in [5, 5.41) is 3.97. The molecule has 26 heavy (non-hydrogen) atoms. The second-order valence-electron chi connectivity index (χ2n) is 7.46. The molecule has 0 aliphatic heterocycles. The smallest absolute Gasteiger partial charge is 0.258 e. The molecule has 2 aromatic carbocycles. The first-order valence-electron chi connectivity index (χ1n) is 8.79. The summed E-state index contributed by atoms with van der Waals surface area (Å²) in [4.78, 5) is 16.8. The molecule has 0 bridgehead atoms. The molecule has 3 aromatic rings. The van der Waals surface area contributed by atoms with E-state index in [2.05, 4.69) is 71.3 Å². The molecule has 1 aromatic heterocycles. The Balaban J connectivity index is 2.03. The molecule has 1 N–H and O–H groups in total. The van der Waals surface area contributed by atoms with Crippen LogP contribution < -0.4 is 10.4 Å². The average molecular weight is 446 g/mol. The van der Waals surface area contributed by atoms with Gasteiger partial charge >= 0.3 is 0 Å². The number of benzene rings is 2. The van der Waals surface area contributed by atoms with Crippen LogP contribution in [-0.2, 0) is 0 Å². The molecule has 3 rings (SSSR count). The van der Waals surface area contributed by atoms with Gasteiger partial charge in [0.1, 0.15) is 0 Å². The van der Waals surface area contributed by atoms with Gasteiger partial charge in [0, 0.05) is 5.38 Å². The van der Waals surface area contributed by atoms with Crippen molar-refractivity contribution in [3.63, 3.8) is 0 Å². The number of halogens is 1. The molecule has 1 heterocycles. The zero-order valence-corrected chi connectivity index (χ0v) is 18.7. The highest BCUT2D eigenvalue weighted by Gasteiger charge is 2.50. The van der Waals surface area contributed by atoms with Crippen molar-refractivity contribution in [3.05, 3.63) is 75.7 Å². The second kappa shape index (κ2) is 7.77. The Bertz CT molecular complexity index is 811. The number of thiazole rings is 1. The van der Waals surface area contributed by atoms with Crippen LogP contribution in [0.4, 0.5) is 0 Å². The zero-order valence-electron chi connectivity index (χ0n) is 15.3. The lowest BCUT2D eigenvalue weighted by Crippen LogP contribution is -2.65. The molecular weight excluding hydrogens is 422 g/mol. The summed E-state index contributed by atoms with van der Waals surface area (Å²) in [6, 6.07) is 20.4. The quantitative estimate of drug-likeness (QED) is 0.545. The minimum absolute atomic E-state index is 0.259. The number of aromatic nitrogens is 1. The van der Waals surface area contributed by atoms with Gasteiger partial charge in [-0.2, -0.15) is 0 Å². The third-order valence-corrected chi connectivity index (χ3v) is 11.1. The van der Waals surface area contributed by atoms with E-state index < -0.39 is 8.32 Å². The van der Waals surface area contributed by atoms with Crippen molar-refractivity contribution in [2.24, 2.45) is 0 Å². The van der Waals surface area contributed by atoms with Crippen molar-refractivity contribution in [3.8, 4) is 0 Å². The lowest BCUT2D eigenvalue weighted by molar-refractivity contribution is 0.441. The van der Waals surface area contributed by atoms with E-state index in [4.69, 9.17) is 0 Å². The first-order chi connectivity index (χ1) is 12.3. The fraction of sp³-hybridized carbons (Fsp3) is 0.286. The molecule has 0 aliphatic rings. The third-order valence-electron chi connectivity index (χ3n) is 5.18. The molecule has 1 unspecified atom stereocenters. The highest BCUT2D eigenvalue weighted by atomic mass is 79.9. The van der Waals surface area contributed by atoms with Crippen LogP contribution in [0.3, 0.4) is 0 Å². The summed E-state index contributed by atoms with van der Waals surface area (Å²) in [6.45, 7) is 6.61. The van der Waals surface area contributed by atoms with Crippen LogP contribution in [0.1, 0.15) is 38.8 Å². The minimum Gasteiger partial charge on any atom is -0.424 e. The van der Waals surface area contributed by atoms with Crippen LogP contribution in [0.2, 0.25) is 5.04 Å². The van der Waals surface area contributed by atoms with Gasteiger partial charge in [0.2, 0.25) is 0 Å². The Kier molecular flexibility index (Phi) is 5.82. The van der Waals surface area contributed by atoms with Gasteiger partial charge in [0.05, 0.1) is 5.69 Å². The van der Waals surface area contributed by atoms with Crippen LogP contribution in [0, 0.1) is 0 Å². The Labute approximate surface area is 169 Å². The Morgan fingerprint density at radius 1 is 1.04 bits per heavy atom. The van der Waals surface area contributed by atoms with Gasteiger partial charge in [0.15, 0.2) is 3.92 Å². The van der Waals surface area contributed by atoms with Gasteiger partial charge in [0.25, 0.3) is 8.32 Å². The first kappa shape index (κ1) is 19.5. The van der Waals surface area contributed by atoms with Crippen molar-refractivity contribution in [2.45, 2.75) is 38.1 Å². The van der Waals surface area contributed by atoms with Crippen molar-refractivity contribution < 1.29 is 4.80 Å². The molecular formula is C21H24BrNOSSi. The lowest BCUT2D eigenvalue weighted by Gasteiger charge is -2.42. The molecule has 0 fully saturated rings. The van der Waals surface area contributed by atoms with E-state index in [9.17, 15) is 4.80 Å². The summed E-state index contributed by atoms with van der Waals surface area (Å²) < 4.78 is 0.913. The maximum absolute atomic E-state index is 12.2. The van der Waals surface area contributed by atoms with E-state index >= 15 is 0 Å². The molecule has 136 valence electrons. The fourth-order valence-corrected chi connectivity index (χ4v) is 8.81. The number of nitrogens with zero attached hydrogens (tertiary/aromatic N) is 1. The van der Waals surface area contributed by atoms with Crippen LogP contribution in [-0.4, -0.2) is 18.1 Å². The number of hydrogen-bond donors (Lipinski definition) is 1. The summed E-state index contributed by atoms with van der Waals surface area (Å²) in [5.74, 6) is 0.277. The summed E-state index contributed by atoms with van der Waals surface area (Å²) in [7, 11) is -2.95. The SMILES string of the molecule is CC(CC(C)(C)[Si](O)(c1ccccc1)c1ccccc1)c1csc(Br)n1. The van der Waals surface area contributed by atoms with Crippen molar-refractivity contribution in [1.29, 1.82) is 0 Å². The normalized spacial score (nSPS) is 13.6. The van der Waals surface area contributed by atoms with Gasteiger partial charge in [-0.05, 0) is 43.7 Å². The highest BCUT2D eigenvalue weighted by Crippen LogP contribution is 2.44. The lowest BCUT2D eigenvalue weighted by atomic mass is 9.96. The standard InChI is InChI=1S/C21H24BrNOSSi/c1-16(19-15-25-20(22)23-19)14-21(2,3)26(24,17-10-6-4-7-11-17)18-12-8-5-9-13-18/h4-13,15-16,24H,14H2,1-3H3. The van der Waals surface area contributed by atoms with Gasteiger partial charge in [-0.1, -0.05) is 81.4 Å². The summed E-state index contributed by atoms with van der Waals surface area (Å²) >= 11 is 5.07. The largest absolute Gasteiger partial charge is 0.424 e. The molecule has 0 saturated heterocycles. The fourth-order valence-electron chi connectivity index (χ4n) is 3.81. The Morgan fingerprint density at radius 3 is 1.96 bits per heavy atom. The van der Waals surface area contributed by atoms with Crippen LogP contribution in [0.15, 0.2) is 70.0 Å². The maximum Gasteiger partial charge on any atom is 0.258 e. The van der Waals surface area contributed by atoms with Gasteiger partial charge in [-0.25, -0.2) is 4.98 Å². The number of rotatable bonds is 6. The third kappa shape index (κ3) is 3.72. The van der Waals surface area contributed by atoms with Crippen molar-refractivity contribution in [1.82, 2.24) is 4.98 Å². The van der Waals surface area contributed by atoms with E-state index in [0.717, 1.165) is 26.4 Å². The van der Waals surface area contributed by atoms with Gasteiger partial charge < -0.3 is 4.80 Å². The molecule has 5 heteroatoms. The minimum atomic E-state index is -2.95. The predicted molar refractivity (Wildman–Crippen MR) is 117 cm³/mol. The van der Waals surface area contributed by atoms with E-state index in [0.29, 0.717) is 0 Å². The van der Waals surface area contributed by atoms with E-state index in [1.807, 2.05) is 36.4 Å². The van der Waals surface area contributed by atoms with Crippen molar-refractivity contribution >= 4 is 46.0 Å². The average Bonchev–Trinajstić information content (AvgIpc) is 3.08. The Hall–Kier alpha value is -1.27. The molecule has 0 amide bonds. The topological polar surface area (TPSA) is 33.1 Å². The summed E-state index contributed by atoms with van der Waals surface area (Å²) in [5.41, 5.74) is 1.09. The predicted octanol–water partition coefficient (Wildman–Crippen LogP) is 4.93. The van der Waals surface area contributed by atoms with Crippen molar-refractivity contribution in [2.75, 3.05) is 0 Å². The van der Waals surface area contributed by atoms with E-state index in [-0.39, 0.29) is 11.0 Å². The highest BCUT2D eigenvalue weighted by molar-refractivity contribution is 9.11. The van der Waals surface area contributed by atoms with Crippen LogP contribution >= 0.6 is 27.3 Å². The van der Waals surface area contributed by atoms with Crippen LogP contribution in [0.5, 0.6) is 0 Å². The summed E-state index contributed by atoms with van der Waals surface area (Å²) in [6.07, 6.45) is 0.871. The second-order valence-corrected chi connectivity index (χ2v) is 13.5. The molecule has 2 nitrogen and oxygen atoms in total. The zero-order chi connectivity index (χ0) is 18.8. The molecule has 0 aliphatic carbocycles. The first-order valence-corrected chi connectivity index (χ1v) is 12.4. The molecule has 0 radical (unpaired) electrons. The monoisotopic (exact) mass is 445 g/mol. The number of hydrogen-bond acceptors (Lipinski definition) is 3. The maximum atomic E-state index is 12.2. The van der Waals surface area contributed by atoms with Gasteiger partial charge in [-0.15, -0.1) is 11.3 Å². The van der Waals surface area contributed by atoms with Crippen LogP contribution in [0.25, 0.3) is 0 Å². The molecule has 1 atom stereocenters. The molecule has 0 spiro atoms. The molecule has 0 saturated carbocycles. The van der Waals surface area contributed by atoms with E-state index in [1.54, 1.807) is 11.3 Å². The Morgan fingerprint density at radius 2 is 1.54 bits per heavy atom.